The first-order valence-corrected chi connectivity index (χ1v) is 5.52. The molecule has 1 atom stereocenters. The van der Waals surface area contributed by atoms with Crippen LogP contribution in [0.3, 0.4) is 0 Å². The first-order valence-electron chi connectivity index (χ1n) is 4.98. The standard InChI is InChI=1S/C10H21ClO/c1-3-5-6-10(4-2)9-12-8-7-11/h10H,3-9H2,1-2H3. The molecule has 12 heavy (non-hydrogen) atoms. The van der Waals surface area contributed by atoms with Gasteiger partial charge in [-0.25, -0.2) is 0 Å². The number of alkyl halides is 1. The zero-order valence-electron chi connectivity index (χ0n) is 8.31. The van der Waals surface area contributed by atoms with E-state index in [1.807, 2.05) is 0 Å². The van der Waals surface area contributed by atoms with Gasteiger partial charge in [0.2, 0.25) is 0 Å². The molecule has 0 heterocycles. The van der Waals surface area contributed by atoms with E-state index in [0.29, 0.717) is 12.5 Å². The van der Waals surface area contributed by atoms with Crippen LogP contribution in [0.15, 0.2) is 0 Å². The van der Waals surface area contributed by atoms with E-state index in [9.17, 15) is 0 Å². The normalized spacial score (nSPS) is 13.2. The third-order valence-electron chi connectivity index (χ3n) is 2.12. The maximum Gasteiger partial charge on any atom is 0.0601 e. The largest absolute Gasteiger partial charge is 0.380 e. The number of halogens is 1. The minimum absolute atomic E-state index is 0.615. The second-order valence-electron chi connectivity index (χ2n) is 3.18. The Hall–Kier alpha value is 0.250. The first kappa shape index (κ1) is 12.2. The van der Waals surface area contributed by atoms with Gasteiger partial charge in [-0.15, -0.1) is 11.6 Å². The van der Waals surface area contributed by atoms with E-state index in [0.717, 1.165) is 12.5 Å². The molecule has 1 nitrogen and oxygen atoms in total. The number of ether oxygens (including phenoxy) is 1. The van der Waals surface area contributed by atoms with Crippen molar-refractivity contribution in [2.75, 3.05) is 19.1 Å². The van der Waals surface area contributed by atoms with Crippen LogP contribution in [-0.2, 0) is 4.74 Å². The van der Waals surface area contributed by atoms with Crippen molar-refractivity contribution < 1.29 is 4.74 Å². The molecule has 0 fully saturated rings. The van der Waals surface area contributed by atoms with Gasteiger partial charge >= 0.3 is 0 Å². The summed E-state index contributed by atoms with van der Waals surface area (Å²) in [6, 6.07) is 0. The van der Waals surface area contributed by atoms with Crippen LogP contribution < -0.4 is 0 Å². The van der Waals surface area contributed by atoms with Crippen molar-refractivity contribution in [3.63, 3.8) is 0 Å². The minimum Gasteiger partial charge on any atom is -0.380 e. The fraction of sp³-hybridized carbons (Fsp3) is 1.00. The fourth-order valence-electron chi connectivity index (χ4n) is 1.20. The van der Waals surface area contributed by atoms with Gasteiger partial charge in [0.05, 0.1) is 6.61 Å². The molecule has 1 unspecified atom stereocenters. The molecule has 0 saturated heterocycles. The van der Waals surface area contributed by atoms with Crippen molar-refractivity contribution in [2.24, 2.45) is 5.92 Å². The zero-order chi connectivity index (χ0) is 9.23. The quantitative estimate of drug-likeness (QED) is 0.423. The van der Waals surface area contributed by atoms with Crippen LogP contribution in [0, 0.1) is 5.92 Å². The van der Waals surface area contributed by atoms with Crippen LogP contribution in [0.1, 0.15) is 39.5 Å². The Morgan fingerprint density at radius 2 is 2.08 bits per heavy atom. The monoisotopic (exact) mass is 192 g/mol. The zero-order valence-corrected chi connectivity index (χ0v) is 9.07. The number of rotatable bonds is 8. The van der Waals surface area contributed by atoms with Gasteiger partial charge < -0.3 is 4.74 Å². The van der Waals surface area contributed by atoms with Crippen molar-refractivity contribution in [3.8, 4) is 0 Å². The van der Waals surface area contributed by atoms with Crippen molar-refractivity contribution in [3.05, 3.63) is 0 Å². The Morgan fingerprint density at radius 1 is 1.33 bits per heavy atom. The van der Waals surface area contributed by atoms with E-state index in [1.54, 1.807) is 0 Å². The molecule has 0 N–H and O–H groups in total. The van der Waals surface area contributed by atoms with Gasteiger partial charge in [0.15, 0.2) is 0 Å². The molecule has 0 rings (SSSR count). The van der Waals surface area contributed by atoms with Crippen LogP contribution in [0.4, 0.5) is 0 Å². The molecular weight excluding hydrogens is 172 g/mol. The third kappa shape index (κ3) is 6.93. The average molecular weight is 193 g/mol. The predicted octanol–water partition coefficient (Wildman–Crippen LogP) is 3.46. The van der Waals surface area contributed by atoms with Crippen molar-refractivity contribution in [2.45, 2.75) is 39.5 Å². The Labute approximate surface area is 81.4 Å². The van der Waals surface area contributed by atoms with Crippen molar-refractivity contribution in [1.29, 1.82) is 0 Å². The molecule has 0 aliphatic carbocycles. The van der Waals surface area contributed by atoms with Gasteiger partial charge in [0, 0.05) is 12.5 Å². The summed E-state index contributed by atoms with van der Waals surface area (Å²) in [6.45, 7) is 6.05. The first-order chi connectivity index (χ1) is 5.85. The summed E-state index contributed by atoms with van der Waals surface area (Å²) in [5.74, 6) is 1.36. The lowest BCUT2D eigenvalue weighted by atomic mass is 10.0. The van der Waals surface area contributed by atoms with Gasteiger partial charge in [0.1, 0.15) is 0 Å². The Balaban J connectivity index is 3.26. The highest BCUT2D eigenvalue weighted by molar-refractivity contribution is 6.17. The van der Waals surface area contributed by atoms with Crippen LogP contribution in [0.5, 0.6) is 0 Å². The molecule has 0 aliphatic rings. The minimum atomic E-state index is 0.615. The lowest BCUT2D eigenvalue weighted by Crippen LogP contribution is -2.10. The molecule has 0 spiro atoms. The second-order valence-corrected chi connectivity index (χ2v) is 3.56. The summed E-state index contributed by atoms with van der Waals surface area (Å²) < 4.78 is 5.40. The lowest BCUT2D eigenvalue weighted by molar-refractivity contribution is 0.106. The molecule has 0 amide bonds. The van der Waals surface area contributed by atoms with E-state index >= 15 is 0 Å². The number of unbranched alkanes of at least 4 members (excludes halogenated alkanes) is 1. The van der Waals surface area contributed by atoms with Gasteiger partial charge in [0.25, 0.3) is 0 Å². The molecule has 0 aromatic heterocycles. The van der Waals surface area contributed by atoms with E-state index < -0.39 is 0 Å². The molecule has 74 valence electrons. The molecule has 0 bridgehead atoms. The Kier molecular flexibility index (Phi) is 9.53. The third-order valence-corrected chi connectivity index (χ3v) is 2.27. The van der Waals surface area contributed by atoms with Gasteiger partial charge in [-0.3, -0.25) is 0 Å². The summed E-state index contributed by atoms with van der Waals surface area (Å²) in [7, 11) is 0. The SMILES string of the molecule is CCCCC(CC)COCCCl. The molecule has 0 aromatic carbocycles. The van der Waals surface area contributed by atoms with Crippen molar-refractivity contribution >= 4 is 11.6 Å². The van der Waals surface area contributed by atoms with E-state index in [1.165, 1.54) is 25.7 Å². The second kappa shape index (κ2) is 9.34. The molecule has 2 heteroatoms. The molecule has 0 saturated carbocycles. The number of hydrogen-bond acceptors (Lipinski definition) is 1. The predicted molar refractivity (Wildman–Crippen MR) is 54.8 cm³/mol. The molecule has 0 aromatic rings. The summed E-state index contributed by atoms with van der Waals surface area (Å²) >= 11 is 5.51. The van der Waals surface area contributed by atoms with Crippen LogP contribution in [0.25, 0.3) is 0 Å². The lowest BCUT2D eigenvalue weighted by Gasteiger charge is -2.13. The molecule has 0 radical (unpaired) electrons. The summed E-state index contributed by atoms with van der Waals surface area (Å²) in [5, 5.41) is 0. The Bertz CT molecular complexity index is 85.9. The molecular formula is C10H21ClO. The average Bonchev–Trinajstić information content (AvgIpc) is 2.11. The summed E-state index contributed by atoms with van der Waals surface area (Å²) in [4.78, 5) is 0. The van der Waals surface area contributed by atoms with E-state index in [2.05, 4.69) is 13.8 Å². The highest BCUT2D eigenvalue weighted by atomic mass is 35.5. The van der Waals surface area contributed by atoms with Crippen LogP contribution >= 0.6 is 11.6 Å². The number of hydrogen-bond donors (Lipinski definition) is 0. The van der Waals surface area contributed by atoms with Crippen molar-refractivity contribution in [1.82, 2.24) is 0 Å². The highest BCUT2D eigenvalue weighted by Crippen LogP contribution is 2.12. The van der Waals surface area contributed by atoms with Gasteiger partial charge in [-0.2, -0.15) is 0 Å². The maximum absolute atomic E-state index is 5.51. The van der Waals surface area contributed by atoms with Gasteiger partial charge in [-0.05, 0) is 12.3 Å². The van der Waals surface area contributed by atoms with Gasteiger partial charge in [-0.1, -0.05) is 33.1 Å². The summed E-state index contributed by atoms with van der Waals surface area (Å²) in [6.07, 6.45) is 5.13. The Morgan fingerprint density at radius 3 is 2.58 bits per heavy atom. The topological polar surface area (TPSA) is 9.23 Å². The van der Waals surface area contributed by atoms with Crippen LogP contribution in [0.2, 0.25) is 0 Å². The summed E-state index contributed by atoms with van der Waals surface area (Å²) in [5.41, 5.74) is 0. The molecule has 0 aliphatic heterocycles. The smallest absolute Gasteiger partial charge is 0.0601 e. The highest BCUT2D eigenvalue weighted by Gasteiger charge is 2.04. The van der Waals surface area contributed by atoms with E-state index in [4.69, 9.17) is 16.3 Å². The maximum atomic E-state index is 5.51. The van der Waals surface area contributed by atoms with Crippen LogP contribution in [-0.4, -0.2) is 19.1 Å². The fourth-order valence-corrected chi connectivity index (χ4v) is 1.31. The van der Waals surface area contributed by atoms with E-state index in [-0.39, 0.29) is 0 Å².